The molecule has 0 saturated carbocycles. The van der Waals surface area contributed by atoms with Crippen molar-refractivity contribution in [1.82, 2.24) is 15.1 Å². The van der Waals surface area contributed by atoms with Crippen molar-refractivity contribution in [3.05, 3.63) is 36.5 Å². The SMILES string of the molecule is CC(C)CNc1nc(-c2nccc3ccccc23)no1. The number of anilines is 1. The van der Waals surface area contributed by atoms with E-state index in [4.69, 9.17) is 4.52 Å². The van der Waals surface area contributed by atoms with Gasteiger partial charge in [0.15, 0.2) is 0 Å². The number of aromatic nitrogens is 3. The van der Waals surface area contributed by atoms with Gasteiger partial charge in [0.05, 0.1) is 0 Å². The van der Waals surface area contributed by atoms with Crippen LogP contribution in [0.15, 0.2) is 41.1 Å². The van der Waals surface area contributed by atoms with Crippen LogP contribution in [0.4, 0.5) is 6.01 Å². The summed E-state index contributed by atoms with van der Waals surface area (Å²) in [4.78, 5) is 8.72. The van der Waals surface area contributed by atoms with Gasteiger partial charge in [-0.15, -0.1) is 0 Å². The van der Waals surface area contributed by atoms with Crippen molar-refractivity contribution in [2.24, 2.45) is 5.92 Å². The van der Waals surface area contributed by atoms with E-state index in [9.17, 15) is 0 Å². The minimum atomic E-state index is 0.434. The van der Waals surface area contributed by atoms with E-state index < -0.39 is 0 Å². The Bertz CT molecular complexity index is 715. The summed E-state index contributed by atoms with van der Waals surface area (Å²) in [6, 6.07) is 10.4. The Morgan fingerprint density at radius 2 is 2.05 bits per heavy atom. The number of benzene rings is 1. The summed E-state index contributed by atoms with van der Waals surface area (Å²) in [7, 11) is 0. The van der Waals surface area contributed by atoms with Gasteiger partial charge < -0.3 is 9.84 Å². The maximum absolute atomic E-state index is 5.21. The van der Waals surface area contributed by atoms with E-state index in [1.165, 1.54) is 0 Å². The smallest absolute Gasteiger partial charge is 0.321 e. The van der Waals surface area contributed by atoms with Gasteiger partial charge in [-0.05, 0) is 17.4 Å². The second kappa shape index (κ2) is 5.28. The maximum Gasteiger partial charge on any atom is 0.321 e. The largest absolute Gasteiger partial charge is 0.337 e. The number of fused-ring (bicyclic) bond motifs is 1. The number of nitrogens with zero attached hydrogens (tertiary/aromatic N) is 3. The van der Waals surface area contributed by atoms with Crippen LogP contribution >= 0.6 is 0 Å². The molecule has 0 atom stereocenters. The summed E-state index contributed by atoms with van der Waals surface area (Å²) >= 11 is 0. The van der Waals surface area contributed by atoms with Gasteiger partial charge in [-0.1, -0.05) is 43.3 Å². The second-order valence-electron chi connectivity index (χ2n) is 5.08. The summed E-state index contributed by atoms with van der Waals surface area (Å²) in [5.74, 6) is 1.02. The molecule has 2 aromatic heterocycles. The third kappa shape index (κ3) is 2.47. The summed E-state index contributed by atoms with van der Waals surface area (Å²) in [5.41, 5.74) is 0.740. The molecule has 20 heavy (non-hydrogen) atoms. The number of hydrogen-bond donors (Lipinski definition) is 1. The van der Waals surface area contributed by atoms with Crippen molar-refractivity contribution in [3.63, 3.8) is 0 Å². The van der Waals surface area contributed by atoms with Crippen LogP contribution in [0.1, 0.15) is 13.8 Å². The number of nitrogens with one attached hydrogen (secondary N) is 1. The lowest BCUT2D eigenvalue weighted by molar-refractivity contribution is 0.429. The van der Waals surface area contributed by atoms with Crippen LogP contribution in [-0.4, -0.2) is 21.7 Å². The van der Waals surface area contributed by atoms with Gasteiger partial charge >= 0.3 is 6.01 Å². The van der Waals surface area contributed by atoms with Crippen LogP contribution in [0.5, 0.6) is 0 Å². The van der Waals surface area contributed by atoms with Crippen molar-refractivity contribution in [2.75, 3.05) is 11.9 Å². The highest BCUT2D eigenvalue weighted by Gasteiger charge is 2.12. The van der Waals surface area contributed by atoms with Crippen molar-refractivity contribution < 1.29 is 4.52 Å². The first-order valence-electron chi connectivity index (χ1n) is 6.66. The lowest BCUT2D eigenvalue weighted by Crippen LogP contribution is -2.07. The zero-order valence-corrected chi connectivity index (χ0v) is 11.5. The third-order valence-electron chi connectivity index (χ3n) is 2.97. The lowest BCUT2D eigenvalue weighted by Gasteiger charge is -2.02. The van der Waals surface area contributed by atoms with Crippen LogP contribution in [0.25, 0.3) is 22.3 Å². The monoisotopic (exact) mass is 268 g/mol. The quantitative estimate of drug-likeness (QED) is 0.786. The molecule has 1 N–H and O–H groups in total. The Morgan fingerprint density at radius 3 is 2.90 bits per heavy atom. The molecular weight excluding hydrogens is 252 g/mol. The molecule has 0 aliphatic carbocycles. The van der Waals surface area contributed by atoms with Crippen molar-refractivity contribution in [2.45, 2.75) is 13.8 Å². The molecule has 0 aliphatic rings. The summed E-state index contributed by atoms with van der Waals surface area (Å²) < 4.78 is 5.21. The summed E-state index contributed by atoms with van der Waals surface area (Å²) in [5, 5.41) is 9.25. The van der Waals surface area contributed by atoms with Gasteiger partial charge in [0.1, 0.15) is 5.69 Å². The Morgan fingerprint density at radius 1 is 1.20 bits per heavy atom. The van der Waals surface area contributed by atoms with E-state index in [1.807, 2.05) is 30.3 Å². The van der Waals surface area contributed by atoms with Crippen LogP contribution in [0.3, 0.4) is 0 Å². The normalized spacial score (nSPS) is 11.2. The Kier molecular flexibility index (Phi) is 3.33. The average molecular weight is 268 g/mol. The molecule has 2 heterocycles. The molecule has 5 heteroatoms. The molecule has 0 spiro atoms. The van der Waals surface area contributed by atoms with Gasteiger partial charge in [0.2, 0.25) is 5.82 Å². The van der Waals surface area contributed by atoms with Gasteiger partial charge in [-0.3, -0.25) is 4.98 Å². The highest BCUT2D eigenvalue weighted by molar-refractivity contribution is 5.92. The number of rotatable bonds is 4. The standard InChI is InChI=1S/C15H16N4O/c1-10(2)9-17-15-18-14(19-20-15)13-12-6-4-3-5-11(12)7-8-16-13/h3-8,10H,9H2,1-2H3,(H,17,18,19). The van der Waals surface area contributed by atoms with E-state index in [0.717, 1.165) is 23.0 Å². The Balaban J connectivity index is 1.95. The first-order chi connectivity index (χ1) is 9.74. The van der Waals surface area contributed by atoms with E-state index in [0.29, 0.717) is 17.8 Å². The van der Waals surface area contributed by atoms with E-state index in [1.54, 1.807) is 6.20 Å². The van der Waals surface area contributed by atoms with Gasteiger partial charge in [-0.2, -0.15) is 4.98 Å². The van der Waals surface area contributed by atoms with Crippen LogP contribution in [-0.2, 0) is 0 Å². The predicted molar refractivity (Wildman–Crippen MR) is 78.4 cm³/mol. The van der Waals surface area contributed by atoms with Gasteiger partial charge in [-0.25, -0.2) is 0 Å². The molecule has 3 rings (SSSR count). The summed E-state index contributed by atoms with van der Waals surface area (Å²) in [6.07, 6.45) is 1.76. The van der Waals surface area contributed by atoms with Crippen molar-refractivity contribution in [1.29, 1.82) is 0 Å². The van der Waals surface area contributed by atoms with Gasteiger partial charge in [0, 0.05) is 18.1 Å². The molecule has 0 radical (unpaired) electrons. The number of pyridine rings is 1. The van der Waals surface area contributed by atoms with E-state index in [-0.39, 0.29) is 0 Å². The van der Waals surface area contributed by atoms with Crippen LogP contribution < -0.4 is 5.32 Å². The molecule has 0 aliphatic heterocycles. The second-order valence-corrected chi connectivity index (χ2v) is 5.08. The number of hydrogen-bond acceptors (Lipinski definition) is 5. The van der Waals surface area contributed by atoms with Crippen molar-refractivity contribution >= 4 is 16.8 Å². The van der Waals surface area contributed by atoms with Crippen LogP contribution in [0.2, 0.25) is 0 Å². The van der Waals surface area contributed by atoms with Gasteiger partial charge in [0.25, 0.3) is 0 Å². The Labute approximate surface area is 117 Å². The molecule has 5 nitrogen and oxygen atoms in total. The summed E-state index contributed by atoms with van der Waals surface area (Å²) in [6.45, 7) is 5.04. The molecule has 0 unspecified atom stereocenters. The van der Waals surface area contributed by atoms with E-state index >= 15 is 0 Å². The molecule has 0 fully saturated rings. The molecule has 0 amide bonds. The Hall–Kier alpha value is -2.43. The minimum absolute atomic E-state index is 0.434. The average Bonchev–Trinajstić information content (AvgIpc) is 2.93. The van der Waals surface area contributed by atoms with E-state index in [2.05, 4.69) is 34.3 Å². The molecule has 3 aromatic rings. The van der Waals surface area contributed by atoms with Crippen molar-refractivity contribution in [3.8, 4) is 11.5 Å². The fraction of sp³-hybridized carbons (Fsp3) is 0.267. The zero-order valence-electron chi connectivity index (χ0n) is 11.5. The molecule has 1 aromatic carbocycles. The molecule has 0 saturated heterocycles. The fourth-order valence-electron chi connectivity index (χ4n) is 1.98. The molecule has 0 bridgehead atoms. The zero-order chi connectivity index (χ0) is 13.9. The lowest BCUT2D eigenvalue weighted by atomic mass is 10.1. The first kappa shape index (κ1) is 12.6. The topological polar surface area (TPSA) is 63.8 Å². The predicted octanol–water partition coefficient (Wildman–Crippen LogP) is 3.35. The maximum atomic E-state index is 5.21. The minimum Gasteiger partial charge on any atom is -0.337 e. The molecular formula is C15H16N4O. The highest BCUT2D eigenvalue weighted by atomic mass is 16.5. The first-order valence-corrected chi connectivity index (χ1v) is 6.66. The molecule has 102 valence electrons. The van der Waals surface area contributed by atoms with Crippen LogP contribution in [0, 0.1) is 5.92 Å². The fourth-order valence-corrected chi connectivity index (χ4v) is 1.98. The highest BCUT2D eigenvalue weighted by Crippen LogP contribution is 2.24. The third-order valence-corrected chi connectivity index (χ3v) is 2.97.